The van der Waals surface area contributed by atoms with E-state index in [0.717, 1.165) is 5.69 Å². The lowest BCUT2D eigenvalue weighted by Crippen LogP contribution is -2.03. The Kier molecular flexibility index (Phi) is 2.74. The summed E-state index contributed by atoms with van der Waals surface area (Å²) in [5, 5.41) is 8.97. The number of aromatic carboxylic acids is 1. The van der Waals surface area contributed by atoms with Gasteiger partial charge in [-0.2, -0.15) is 0 Å². The van der Waals surface area contributed by atoms with Crippen LogP contribution in [0.5, 0.6) is 0 Å². The second-order valence-corrected chi connectivity index (χ2v) is 3.63. The molecule has 2 rings (SSSR count). The van der Waals surface area contributed by atoms with Crippen molar-refractivity contribution in [3.8, 4) is 11.4 Å². The Morgan fingerprint density at radius 1 is 1.35 bits per heavy atom. The molecule has 0 aliphatic carbocycles. The fraction of sp³-hybridized carbons (Fsp3) is 0.0833. The molecule has 1 aromatic heterocycles. The molecule has 0 unspecified atom stereocenters. The summed E-state index contributed by atoms with van der Waals surface area (Å²) in [6.45, 7) is 1.85. The minimum atomic E-state index is -1.06. The van der Waals surface area contributed by atoms with Gasteiger partial charge in [0.05, 0.1) is 5.56 Å². The smallest absolute Gasteiger partial charge is 0.337 e. The maximum Gasteiger partial charge on any atom is 0.337 e. The third-order valence-corrected chi connectivity index (χ3v) is 2.34. The topological polar surface area (TPSA) is 89.1 Å². The Balaban J connectivity index is 2.54. The molecular weight excluding hydrogens is 218 g/mol. The summed E-state index contributed by atoms with van der Waals surface area (Å²) < 4.78 is 0. The molecule has 0 saturated carbocycles. The molecule has 0 fully saturated rings. The highest BCUT2D eigenvalue weighted by atomic mass is 16.4. The van der Waals surface area contributed by atoms with E-state index < -0.39 is 5.97 Å². The summed E-state index contributed by atoms with van der Waals surface area (Å²) in [7, 11) is 0. The molecule has 0 aliphatic heterocycles. The van der Waals surface area contributed by atoms with Crippen LogP contribution >= 0.6 is 0 Å². The van der Waals surface area contributed by atoms with Gasteiger partial charge in [0, 0.05) is 23.1 Å². The second-order valence-electron chi connectivity index (χ2n) is 3.63. The van der Waals surface area contributed by atoms with Crippen molar-refractivity contribution >= 4 is 11.7 Å². The van der Waals surface area contributed by atoms with E-state index in [9.17, 15) is 4.79 Å². The monoisotopic (exact) mass is 229 g/mol. The number of carboxylic acid groups (broad SMARTS) is 1. The molecule has 5 heteroatoms. The zero-order valence-corrected chi connectivity index (χ0v) is 9.21. The largest absolute Gasteiger partial charge is 0.478 e. The summed E-state index contributed by atoms with van der Waals surface area (Å²) in [5.74, 6) is -0.565. The SMILES string of the molecule is Cc1ccnc(-c2ccc(N)c(C(=O)O)c2)n1. The standard InChI is InChI=1S/C12H11N3O2/c1-7-4-5-14-11(15-7)8-2-3-10(13)9(6-8)12(16)17/h2-6H,13H2,1H3,(H,16,17). The molecule has 0 aliphatic rings. The molecule has 1 aromatic carbocycles. The average Bonchev–Trinajstić information content (AvgIpc) is 2.29. The van der Waals surface area contributed by atoms with Gasteiger partial charge >= 0.3 is 5.97 Å². The van der Waals surface area contributed by atoms with Crippen molar-refractivity contribution in [2.45, 2.75) is 6.92 Å². The minimum absolute atomic E-state index is 0.0626. The molecule has 86 valence electrons. The van der Waals surface area contributed by atoms with Crippen molar-refractivity contribution in [2.24, 2.45) is 0 Å². The van der Waals surface area contributed by atoms with Crippen LogP contribution < -0.4 is 5.73 Å². The first-order chi connectivity index (χ1) is 8.08. The van der Waals surface area contributed by atoms with E-state index in [-0.39, 0.29) is 11.3 Å². The predicted molar refractivity (Wildman–Crippen MR) is 63.6 cm³/mol. The summed E-state index contributed by atoms with van der Waals surface area (Å²) in [6.07, 6.45) is 1.63. The van der Waals surface area contributed by atoms with Crippen molar-refractivity contribution in [3.63, 3.8) is 0 Å². The minimum Gasteiger partial charge on any atom is -0.478 e. The normalized spacial score (nSPS) is 10.2. The maximum absolute atomic E-state index is 11.0. The van der Waals surface area contributed by atoms with E-state index in [0.29, 0.717) is 11.4 Å². The molecule has 17 heavy (non-hydrogen) atoms. The van der Waals surface area contributed by atoms with E-state index >= 15 is 0 Å². The molecular formula is C12H11N3O2. The van der Waals surface area contributed by atoms with Crippen LogP contribution in [0.1, 0.15) is 16.1 Å². The Bertz CT molecular complexity index is 582. The number of hydrogen-bond acceptors (Lipinski definition) is 4. The molecule has 0 spiro atoms. The predicted octanol–water partition coefficient (Wildman–Crippen LogP) is 1.73. The number of anilines is 1. The molecule has 1 heterocycles. The van der Waals surface area contributed by atoms with Gasteiger partial charge in [-0.15, -0.1) is 0 Å². The third kappa shape index (κ3) is 2.23. The molecule has 0 amide bonds. The highest BCUT2D eigenvalue weighted by Crippen LogP contribution is 2.21. The van der Waals surface area contributed by atoms with E-state index in [2.05, 4.69) is 9.97 Å². The number of aromatic nitrogens is 2. The number of aryl methyl sites for hydroxylation is 1. The lowest BCUT2D eigenvalue weighted by Gasteiger charge is -2.04. The Morgan fingerprint density at radius 3 is 2.76 bits per heavy atom. The average molecular weight is 229 g/mol. The van der Waals surface area contributed by atoms with Gasteiger partial charge in [0.1, 0.15) is 0 Å². The van der Waals surface area contributed by atoms with Crippen LogP contribution in [-0.2, 0) is 0 Å². The number of nitrogens with zero attached hydrogens (tertiary/aromatic N) is 2. The fourth-order valence-corrected chi connectivity index (χ4v) is 1.47. The molecule has 0 radical (unpaired) electrons. The summed E-state index contributed by atoms with van der Waals surface area (Å²) in [6, 6.07) is 6.51. The summed E-state index contributed by atoms with van der Waals surface area (Å²) >= 11 is 0. The lowest BCUT2D eigenvalue weighted by molar-refractivity contribution is 0.0698. The van der Waals surface area contributed by atoms with Crippen LogP contribution in [0.25, 0.3) is 11.4 Å². The Labute approximate surface area is 98.0 Å². The second kappa shape index (κ2) is 4.21. The number of nitrogens with two attached hydrogens (primary N) is 1. The van der Waals surface area contributed by atoms with E-state index in [1.165, 1.54) is 6.07 Å². The molecule has 2 aromatic rings. The number of benzene rings is 1. The van der Waals surface area contributed by atoms with E-state index in [4.69, 9.17) is 10.8 Å². The van der Waals surface area contributed by atoms with Gasteiger partial charge in [-0.3, -0.25) is 0 Å². The molecule has 3 N–H and O–H groups in total. The van der Waals surface area contributed by atoms with Crippen molar-refractivity contribution in [3.05, 3.63) is 41.7 Å². The number of carboxylic acids is 1. The molecule has 0 bridgehead atoms. The summed E-state index contributed by atoms with van der Waals surface area (Å²) in [4.78, 5) is 19.3. The van der Waals surface area contributed by atoms with Crippen molar-refractivity contribution in [1.29, 1.82) is 0 Å². The van der Waals surface area contributed by atoms with Crippen LogP contribution in [0.2, 0.25) is 0 Å². The van der Waals surface area contributed by atoms with Crippen LogP contribution in [-0.4, -0.2) is 21.0 Å². The van der Waals surface area contributed by atoms with Crippen LogP contribution in [0.4, 0.5) is 5.69 Å². The van der Waals surface area contributed by atoms with Gasteiger partial charge in [-0.05, 0) is 31.2 Å². The van der Waals surface area contributed by atoms with Crippen molar-refractivity contribution < 1.29 is 9.90 Å². The van der Waals surface area contributed by atoms with Gasteiger partial charge in [0.25, 0.3) is 0 Å². The number of carbonyl (C=O) groups is 1. The maximum atomic E-state index is 11.0. The van der Waals surface area contributed by atoms with Crippen LogP contribution in [0.3, 0.4) is 0 Å². The van der Waals surface area contributed by atoms with Gasteiger partial charge in [-0.1, -0.05) is 0 Å². The van der Waals surface area contributed by atoms with Crippen molar-refractivity contribution in [2.75, 3.05) is 5.73 Å². The highest BCUT2D eigenvalue weighted by Gasteiger charge is 2.10. The highest BCUT2D eigenvalue weighted by molar-refractivity contribution is 5.95. The van der Waals surface area contributed by atoms with Gasteiger partial charge < -0.3 is 10.8 Å². The molecule has 5 nitrogen and oxygen atoms in total. The van der Waals surface area contributed by atoms with Crippen LogP contribution in [0, 0.1) is 6.92 Å². The zero-order valence-electron chi connectivity index (χ0n) is 9.21. The first kappa shape index (κ1) is 11.1. The van der Waals surface area contributed by atoms with Gasteiger partial charge in [-0.25, -0.2) is 14.8 Å². The fourth-order valence-electron chi connectivity index (χ4n) is 1.47. The Hall–Kier alpha value is -2.43. The Morgan fingerprint density at radius 2 is 2.12 bits per heavy atom. The first-order valence-corrected chi connectivity index (χ1v) is 5.01. The van der Waals surface area contributed by atoms with Gasteiger partial charge in [0.2, 0.25) is 0 Å². The zero-order chi connectivity index (χ0) is 12.4. The lowest BCUT2D eigenvalue weighted by atomic mass is 10.1. The van der Waals surface area contributed by atoms with E-state index in [1.54, 1.807) is 24.4 Å². The van der Waals surface area contributed by atoms with Crippen molar-refractivity contribution in [1.82, 2.24) is 9.97 Å². The number of nitrogen functional groups attached to an aromatic ring is 1. The number of rotatable bonds is 2. The number of hydrogen-bond donors (Lipinski definition) is 2. The third-order valence-electron chi connectivity index (χ3n) is 2.34. The van der Waals surface area contributed by atoms with Crippen LogP contribution in [0.15, 0.2) is 30.5 Å². The first-order valence-electron chi connectivity index (χ1n) is 5.01. The van der Waals surface area contributed by atoms with Gasteiger partial charge in [0.15, 0.2) is 5.82 Å². The molecule has 0 atom stereocenters. The molecule has 0 saturated heterocycles. The summed E-state index contributed by atoms with van der Waals surface area (Å²) in [5.41, 5.74) is 7.33. The quantitative estimate of drug-likeness (QED) is 0.765. The van der Waals surface area contributed by atoms with E-state index in [1.807, 2.05) is 6.92 Å².